The molecular formula is C10H20N2O6. The summed E-state index contributed by atoms with van der Waals surface area (Å²) in [5, 5.41) is 41.1. The lowest BCUT2D eigenvalue weighted by molar-refractivity contribution is -0.287. The van der Waals surface area contributed by atoms with Crippen molar-refractivity contribution < 1.29 is 30.0 Å². The lowest BCUT2D eigenvalue weighted by Crippen LogP contribution is -2.78. The van der Waals surface area contributed by atoms with E-state index >= 15 is 0 Å². The van der Waals surface area contributed by atoms with E-state index in [9.17, 15) is 20.1 Å². The van der Waals surface area contributed by atoms with Crippen LogP contribution in [0.4, 0.5) is 0 Å². The zero-order valence-electron chi connectivity index (χ0n) is 10.3. The SMILES string of the molecule is CC(=O)N[C@@]1(C(C)N)[C@H](O)O[C@H](CO)[C@@H](O)[C@@H]1O. The van der Waals surface area contributed by atoms with Crippen molar-refractivity contribution in [1.82, 2.24) is 5.32 Å². The summed E-state index contributed by atoms with van der Waals surface area (Å²) in [6.45, 7) is 2.07. The summed E-state index contributed by atoms with van der Waals surface area (Å²) < 4.78 is 5.00. The Labute approximate surface area is 104 Å². The largest absolute Gasteiger partial charge is 0.394 e. The highest BCUT2D eigenvalue weighted by Gasteiger charge is 2.57. The molecule has 0 bridgehead atoms. The minimum absolute atomic E-state index is 0.538. The monoisotopic (exact) mass is 264 g/mol. The van der Waals surface area contributed by atoms with Gasteiger partial charge >= 0.3 is 0 Å². The van der Waals surface area contributed by atoms with E-state index in [1.54, 1.807) is 0 Å². The Morgan fingerprint density at radius 3 is 2.44 bits per heavy atom. The summed E-state index contributed by atoms with van der Waals surface area (Å²) in [6.07, 6.45) is -5.83. The van der Waals surface area contributed by atoms with Gasteiger partial charge in [0.25, 0.3) is 0 Å². The highest BCUT2D eigenvalue weighted by Crippen LogP contribution is 2.31. The summed E-state index contributed by atoms with van der Waals surface area (Å²) >= 11 is 0. The molecule has 0 saturated carbocycles. The van der Waals surface area contributed by atoms with Crippen LogP contribution in [0.5, 0.6) is 0 Å². The molecule has 7 N–H and O–H groups in total. The van der Waals surface area contributed by atoms with Crippen molar-refractivity contribution in [2.24, 2.45) is 5.73 Å². The molecule has 1 saturated heterocycles. The molecule has 0 aromatic heterocycles. The van der Waals surface area contributed by atoms with Crippen LogP contribution in [0.2, 0.25) is 0 Å². The highest BCUT2D eigenvalue weighted by atomic mass is 16.6. The molecule has 1 aliphatic heterocycles. The molecule has 1 heterocycles. The van der Waals surface area contributed by atoms with E-state index in [-0.39, 0.29) is 0 Å². The molecule has 18 heavy (non-hydrogen) atoms. The number of aliphatic hydroxyl groups excluding tert-OH is 4. The van der Waals surface area contributed by atoms with Crippen LogP contribution in [0.15, 0.2) is 0 Å². The number of nitrogens with one attached hydrogen (secondary N) is 1. The van der Waals surface area contributed by atoms with Crippen molar-refractivity contribution in [3.05, 3.63) is 0 Å². The summed E-state index contributed by atoms with van der Waals surface area (Å²) in [6, 6.07) is -0.888. The Balaban J connectivity index is 3.12. The maximum Gasteiger partial charge on any atom is 0.217 e. The van der Waals surface area contributed by atoms with Gasteiger partial charge in [-0.1, -0.05) is 0 Å². The van der Waals surface area contributed by atoms with Crippen LogP contribution < -0.4 is 11.1 Å². The fourth-order valence-corrected chi connectivity index (χ4v) is 2.19. The van der Waals surface area contributed by atoms with E-state index in [0.29, 0.717) is 0 Å². The normalized spacial score (nSPS) is 42.4. The maximum atomic E-state index is 11.2. The number of nitrogens with two attached hydrogens (primary N) is 1. The zero-order chi connectivity index (χ0) is 14.1. The summed E-state index contributed by atoms with van der Waals surface area (Å²) in [5.74, 6) is -0.538. The lowest BCUT2D eigenvalue weighted by Gasteiger charge is -2.51. The van der Waals surface area contributed by atoms with Crippen LogP contribution in [0.25, 0.3) is 0 Å². The average Bonchev–Trinajstić information content (AvgIpc) is 2.28. The van der Waals surface area contributed by atoms with Gasteiger partial charge in [-0.25, -0.2) is 0 Å². The molecule has 106 valence electrons. The third-order valence-electron chi connectivity index (χ3n) is 3.23. The van der Waals surface area contributed by atoms with Gasteiger partial charge in [-0.2, -0.15) is 0 Å². The van der Waals surface area contributed by atoms with Crippen LogP contribution in [0, 0.1) is 0 Å². The van der Waals surface area contributed by atoms with Gasteiger partial charge in [0, 0.05) is 13.0 Å². The van der Waals surface area contributed by atoms with Crippen molar-refractivity contribution in [3.63, 3.8) is 0 Å². The number of ether oxygens (including phenoxy) is 1. The highest BCUT2D eigenvalue weighted by molar-refractivity contribution is 5.74. The second-order valence-corrected chi connectivity index (χ2v) is 4.55. The van der Waals surface area contributed by atoms with Crippen molar-refractivity contribution in [2.75, 3.05) is 6.61 Å². The molecule has 0 aliphatic carbocycles. The van der Waals surface area contributed by atoms with Crippen LogP contribution in [-0.2, 0) is 9.53 Å². The number of rotatable bonds is 3. The van der Waals surface area contributed by atoms with Gasteiger partial charge in [0.05, 0.1) is 6.61 Å². The molecule has 0 spiro atoms. The number of hydrogen-bond acceptors (Lipinski definition) is 7. The molecule has 8 nitrogen and oxygen atoms in total. The molecule has 0 aromatic rings. The second-order valence-electron chi connectivity index (χ2n) is 4.55. The van der Waals surface area contributed by atoms with E-state index in [1.165, 1.54) is 13.8 Å². The number of carbonyl (C=O) groups excluding carboxylic acids is 1. The quantitative estimate of drug-likeness (QED) is 0.312. The molecule has 0 aromatic carbocycles. The summed E-state index contributed by atoms with van der Waals surface area (Å²) in [7, 11) is 0. The van der Waals surface area contributed by atoms with Crippen LogP contribution in [0.3, 0.4) is 0 Å². The van der Waals surface area contributed by atoms with Crippen LogP contribution in [0.1, 0.15) is 13.8 Å². The molecule has 8 heteroatoms. The van der Waals surface area contributed by atoms with Gasteiger partial charge in [0.2, 0.25) is 5.91 Å². The minimum atomic E-state index is -1.73. The first-order valence-corrected chi connectivity index (χ1v) is 5.62. The Kier molecular flexibility index (Phi) is 4.65. The average molecular weight is 264 g/mol. The van der Waals surface area contributed by atoms with Gasteiger partial charge in [0.15, 0.2) is 6.29 Å². The van der Waals surface area contributed by atoms with Gasteiger partial charge in [-0.3, -0.25) is 4.79 Å². The summed E-state index contributed by atoms with van der Waals surface area (Å²) in [5.41, 5.74) is 3.97. The fourth-order valence-electron chi connectivity index (χ4n) is 2.19. The Hall–Kier alpha value is -0.770. The van der Waals surface area contributed by atoms with Crippen LogP contribution >= 0.6 is 0 Å². The molecule has 0 radical (unpaired) electrons. The minimum Gasteiger partial charge on any atom is -0.394 e. The number of carbonyl (C=O) groups is 1. The van der Waals surface area contributed by atoms with E-state index in [1.807, 2.05) is 0 Å². The summed E-state index contributed by atoms with van der Waals surface area (Å²) in [4.78, 5) is 11.2. The zero-order valence-corrected chi connectivity index (χ0v) is 10.3. The third kappa shape index (κ3) is 2.35. The Bertz CT molecular complexity index is 313. The van der Waals surface area contributed by atoms with Crippen molar-refractivity contribution in [3.8, 4) is 0 Å². The molecule has 1 fully saturated rings. The Morgan fingerprint density at radius 2 is 2.06 bits per heavy atom. The standard InChI is InChI=1S/C10H20N2O6/c1-4(11)10(12-5(2)14)8(16)7(15)6(3-13)18-9(10)17/h4,6-9,13,15-17H,3,11H2,1-2H3,(H,12,14)/t4?,6-,7-,8+,9-,10-/m1/s1. The second kappa shape index (κ2) is 5.47. The lowest BCUT2D eigenvalue weighted by atomic mass is 9.78. The van der Waals surface area contributed by atoms with Crippen molar-refractivity contribution in [2.45, 2.75) is 50.0 Å². The maximum absolute atomic E-state index is 11.2. The van der Waals surface area contributed by atoms with Gasteiger partial charge in [0.1, 0.15) is 23.9 Å². The van der Waals surface area contributed by atoms with Crippen LogP contribution in [-0.4, -0.2) is 69.1 Å². The first kappa shape index (κ1) is 15.3. The van der Waals surface area contributed by atoms with Crippen molar-refractivity contribution in [1.29, 1.82) is 0 Å². The molecule has 1 amide bonds. The van der Waals surface area contributed by atoms with Gasteiger partial charge in [-0.15, -0.1) is 0 Å². The van der Waals surface area contributed by atoms with Gasteiger partial charge in [-0.05, 0) is 6.92 Å². The molecule has 1 aliphatic rings. The van der Waals surface area contributed by atoms with Gasteiger partial charge < -0.3 is 36.2 Å². The molecule has 1 unspecified atom stereocenters. The molecule has 6 atom stereocenters. The Morgan fingerprint density at radius 1 is 1.50 bits per heavy atom. The number of amides is 1. The molecular weight excluding hydrogens is 244 g/mol. The van der Waals surface area contributed by atoms with Crippen molar-refractivity contribution >= 4 is 5.91 Å². The molecule has 1 rings (SSSR count). The van der Waals surface area contributed by atoms with E-state index in [0.717, 1.165) is 0 Å². The van der Waals surface area contributed by atoms with E-state index in [2.05, 4.69) is 5.32 Å². The predicted molar refractivity (Wildman–Crippen MR) is 60.2 cm³/mol. The number of hydrogen-bond donors (Lipinski definition) is 6. The smallest absolute Gasteiger partial charge is 0.217 e. The van der Waals surface area contributed by atoms with E-state index in [4.69, 9.17) is 15.6 Å². The van der Waals surface area contributed by atoms with E-state index < -0.39 is 48.7 Å². The predicted octanol–water partition coefficient (Wildman–Crippen LogP) is -3.36. The first-order valence-electron chi connectivity index (χ1n) is 5.62. The first-order chi connectivity index (χ1) is 8.27. The topological polar surface area (TPSA) is 145 Å². The third-order valence-corrected chi connectivity index (χ3v) is 3.23. The fraction of sp³-hybridized carbons (Fsp3) is 0.900. The number of aliphatic hydroxyl groups is 4.